The van der Waals surface area contributed by atoms with Gasteiger partial charge in [-0.05, 0) is 31.5 Å². The molecule has 0 aliphatic rings. The lowest BCUT2D eigenvalue weighted by Gasteiger charge is -2.12. The minimum absolute atomic E-state index is 0.0710. The van der Waals surface area contributed by atoms with Crippen LogP contribution in [0.3, 0.4) is 0 Å². The van der Waals surface area contributed by atoms with Crippen LogP contribution in [0.2, 0.25) is 0 Å². The van der Waals surface area contributed by atoms with Gasteiger partial charge in [-0.3, -0.25) is 9.78 Å². The zero-order valence-electron chi connectivity index (χ0n) is 11.0. The molecule has 0 saturated heterocycles. The lowest BCUT2D eigenvalue weighted by molar-refractivity contribution is 0.101. The van der Waals surface area contributed by atoms with E-state index in [-0.39, 0.29) is 5.78 Å². The van der Waals surface area contributed by atoms with Crippen molar-refractivity contribution in [3.8, 4) is 11.3 Å². The predicted octanol–water partition coefficient (Wildman–Crippen LogP) is 2.84. The Kier molecular flexibility index (Phi) is 3.55. The maximum absolute atomic E-state index is 12.9. The van der Waals surface area contributed by atoms with Crippen molar-refractivity contribution in [1.82, 2.24) is 9.97 Å². The van der Waals surface area contributed by atoms with E-state index in [1.807, 2.05) is 6.92 Å². The summed E-state index contributed by atoms with van der Waals surface area (Å²) >= 11 is 0. The minimum Gasteiger partial charge on any atom is -0.373 e. The summed E-state index contributed by atoms with van der Waals surface area (Å²) in [5.74, 6) is 0.0715. The first-order chi connectivity index (χ1) is 9.04. The Hall–Kier alpha value is -2.30. The van der Waals surface area contributed by atoms with Crippen LogP contribution < -0.4 is 5.32 Å². The highest BCUT2D eigenvalue weighted by molar-refractivity contribution is 6.01. The number of rotatable bonds is 3. The number of halogens is 1. The van der Waals surface area contributed by atoms with Gasteiger partial charge in [0.05, 0.1) is 17.5 Å². The van der Waals surface area contributed by atoms with Crippen molar-refractivity contribution >= 4 is 11.6 Å². The fourth-order valence-electron chi connectivity index (χ4n) is 2.02. The molecule has 0 spiro atoms. The van der Waals surface area contributed by atoms with E-state index in [2.05, 4.69) is 15.3 Å². The highest BCUT2D eigenvalue weighted by Crippen LogP contribution is 2.27. The van der Waals surface area contributed by atoms with Crippen molar-refractivity contribution in [3.63, 3.8) is 0 Å². The number of pyridine rings is 2. The van der Waals surface area contributed by atoms with E-state index in [4.69, 9.17) is 0 Å². The topological polar surface area (TPSA) is 54.9 Å². The third-order valence-electron chi connectivity index (χ3n) is 2.93. The Balaban J connectivity index is 2.62. The van der Waals surface area contributed by atoms with Crippen molar-refractivity contribution < 1.29 is 9.18 Å². The van der Waals surface area contributed by atoms with Crippen molar-refractivity contribution in [3.05, 3.63) is 41.5 Å². The van der Waals surface area contributed by atoms with E-state index in [1.165, 1.54) is 13.0 Å². The number of aromatic nitrogens is 2. The number of nitrogens with one attached hydrogen (secondary N) is 1. The smallest absolute Gasteiger partial charge is 0.163 e. The second-order valence-corrected chi connectivity index (χ2v) is 4.19. The van der Waals surface area contributed by atoms with Crippen LogP contribution in [0.4, 0.5) is 10.2 Å². The largest absolute Gasteiger partial charge is 0.373 e. The summed E-state index contributed by atoms with van der Waals surface area (Å²) in [6.07, 6.45) is 2.78. The summed E-state index contributed by atoms with van der Waals surface area (Å²) in [7, 11) is 1.71. The first kappa shape index (κ1) is 13.1. The molecule has 0 aromatic carbocycles. The molecule has 0 saturated carbocycles. The highest BCUT2D eigenvalue weighted by atomic mass is 19.1. The molecule has 19 heavy (non-hydrogen) atoms. The molecular formula is C14H14FN3O. The van der Waals surface area contributed by atoms with E-state index in [1.54, 1.807) is 19.3 Å². The fraction of sp³-hybridized carbons (Fsp3) is 0.214. The quantitative estimate of drug-likeness (QED) is 0.861. The van der Waals surface area contributed by atoms with Crippen molar-refractivity contribution in [2.45, 2.75) is 13.8 Å². The number of hydrogen-bond acceptors (Lipinski definition) is 4. The van der Waals surface area contributed by atoms with Gasteiger partial charge in [-0.25, -0.2) is 9.37 Å². The summed E-state index contributed by atoms with van der Waals surface area (Å²) in [6, 6.07) is 2.91. The summed E-state index contributed by atoms with van der Waals surface area (Å²) in [4.78, 5) is 20.0. The zero-order chi connectivity index (χ0) is 14.0. The third kappa shape index (κ3) is 2.45. The SMILES string of the molecule is CNc1ncc(-c2ccc(F)cn2)c(C)c1C(C)=O. The molecular weight excluding hydrogens is 245 g/mol. The van der Waals surface area contributed by atoms with Gasteiger partial charge in [0.1, 0.15) is 11.6 Å². The Bertz CT molecular complexity index is 623. The number of carbonyl (C=O) groups excluding carboxylic acids is 1. The average Bonchev–Trinajstić information content (AvgIpc) is 2.39. The first-order valence-electron chi connectivity index (χ1n) is 5.84. The molecule has 0 atom stereocenters. The van der Waals surface area contributed by atoms with Gasteiger partial charge < -0.3 is 5.32 Å². The standard InChI is InChI=1S/C14H14FN3O/c1-8-11(12-5-4-10(15)6-17-12)7-18-14(16-3)13(8)9(2)19/h4-7H,1-3H3,(H,16,18). The second-order valence-electron chi connectivity index (χ2n) is 4.19. The Morgan fingerprint density at radius 2 is 2.00 bits per heavy atom. The summed E-state index contributed by atoms with van der Waals surface area (Å²) < 4.78 is 12.9. The Morgan fingerprint density at radius 1 is 1.26 bits per heavy atom. The number of nitrogens with zero attached hydrogens (tertiary/aromatic N) is 2. The lowest BCUT2D eigenvalue weighted by Crippen LogP contribution is -2.07. The van der Waals surface area contributed by atoms with Gasteiger partial charge in [-0.15, -0.1) is 0 Å². The van der Waals surface area contributed by atoms with Crippen LogP contribution >= 0.6 is 0 Å². The van der Waals surface area contributed by atoms with Crippen molar-refractivity contribution in [2.75, 3.05) is 12.4 Å². The second kappa shape index (κ2) is 5.14. The molecule has 0 unspecified atom stereocenters. The molecule has 0 fully saturated rings. The van der Waals surface area contributed by atoms with Crippen LogP contribution in [0.25, 0.3) is 11.3 Å². The minimum atomic E-state index is -0.395. The maximum atomic E-state index is 12.9. The molecule has 2 heterocycles. The van der Waals surface area contributed by atoms with Crippen LogP contribution in [0.15, 0.2) is 24.5 Å². The molecule has 0 bridgehead atoms. The summed E-state index contributed by atoms with van der Waals surface area (Å²) in [5, 5.41) is 2.89. The Labute approximate surface area is 110 Å². The molecule has 5 heteroatoms. The number of ketones is 1. The third-order valence-corrected chi connectivity index (χ3v) is 2.93. The van der Waals surface area contributed by atoms with Gasteiger partial charge in [-0.1, -0.05) is 0 Å². The van der Waals surface area contributed by atoms with Gasteiger partial charge in [0, 0.05) is 18.8 Å². The number of Topliss-reactive ketones (excluding diaryl/α,β-unsaturated/α-hetero) is 1. The Morgan fingerprint density at radius 3 is 2.53 bits per heavy atom. The predicted molar refractivity (Wildman–Crippen MR) is 71.7 cm³/mol. The molecule has 0 aliphatic heterocycles. The highest BCUT2D eigenvalue weighted by Gasteiger charge is 2.16. The fourth-order valence-corrected chi connectivity index (χ4v) is 2.02. The van der Waals surface area contributed by atoms with E-state index < -0.39 is 5.82 Å². The number of anilines is 1. The molecule has 4 nitrogen and oxygen atoms in total. The number of hydrogen-bond donors (Lipinski definition) is 1. The molecule has 0 amide bonds. The molecule has 2 rings (SSSR count). The van der Waals surface area contributed by atoms with Crippen LogP contribution in [-0.4, -0.2) is 22.8 Å². The molecule has 2 aromatic rings. The average molecular weight is 259 g/mol. The van der Waals surface area contributed by atoms with Gasteiger partial charge in [0.15, 0.2) is 5.78 Å². The normalized spacial score (nSPS) is 10.3. The van der Waals surface area contributed by atoms with E-state index in [0.29, 0.717) is 17.1 Å². The molecule has 1 N–H and O–H groups in total. The molecule has 2 aromatic heterocycles. The monoisotopic (exact) mass is 259 g/mol. The van der Waals surface area contributed by atoms with Gasteiger partial charge in [-0.2, -0.15) is 0 Å². The molecule has 0 radical (unpaired) electrons. The summed E-state index contributed by atoms with van der Waals surface area (Å²) in [6.45, 7) is 3.33. The summed E-state index contributed by atoms with van der Waals surface area (Å²) in [5.41, 5.74) is 2.64. The van der Waals surface area contributed by atoms with E-state index in [9.17, 15) is 9.18 Å². The van der Waals surface area contributed by atoms with Gasteiger partial charge >= 0.3 is 0 Å². The lowest BCUT2D eigenvalue weighted by atomic mass is 9.99. The van der Waals surface area contributed by atoms with Crippen molar-refractivity contribution in [2.24, 2.45) is 0 Å². The number of carbonyl (C=O) groups is 1. The zero-order valence-corrected chi connectivity index (χ0v) is 11.0. The van der Waals surface area contributed by atoms with Gasteiger partial charge in [0.2, 0.25) is 0 Å². The van der Waals surface area contributed by atoms with Gasteiger partial charge in [0.25, 0.3) is 0 Å². The van der Waals surface area contributed by atoms with Crippen LogP contribution in [0.5, 0.6) is 0 Å². The van der Waals surface area contributed by atoms with Crippen LogP contribution in [0.1, 0.15) is 22.8 Å². The van der Waals surface area contributed by atoms with E-state index in [0.717, 1.165) is 17.3 Å². The maximum Gasteiger partial charge on any atom is 0.163 e. The molecule has 98 valence electrons. The van der Waals surface area contributed by atoms with Crippen LogP contribution in [0, 0.1) is 12.7 Å². The van der Waals surface area contributed by atoms with E-state index >= 15 is 0 Å². The van der Waals surface area contributed by atoms with Crippen molar-refractivity contribution in [1.29, 1.82) is 0 Å². The van der Waals surface area contributed by atoms with Crippen LogP contribution in [-0.2, 0) is 0 Å². The molecule has 0 aliphatic carbocycles. The first-order valence-corrected chi connectivity index (χ1v) is 5.84.